The zero-order valence-corrected chi connectivity index (χ0v) is 13.7. The number of likely N-dealkylation sites (tertiary alicyclic amines) is 1. The van der Waals surface area contributed by atoms with Crippen LogP contribution in [0.15, 0.2) is 35.1 Å². The van der Waals surface area contributed by atoms with Gasteiger partial charge in [0, 0.05) is 31.1 Å². The molecule has 5 nitrogen and oxygen atoms in total. The van der Waals surface area contributed by atoms with Gasteiger partial charge in [-0.1, -0.05) is 25.1 Å². The van der Waals surface area contributed by atoms with E-state index in [4.69, 9.17) is 0 Å². The summed E-state index contributed by atoms with van der Waals surface area (Å²) >= 11 is 0. The lowest BCUT2D eigenvalue weighted by atomic mass is 10.1. The highest BCUT2D eigenvalue weighted by Gasteiger charge is 2.23. The Labute approximate surface area is 135 Å². The van der Waals surface area contributed by atoms with Crippen molar-refractivity contribution in [3.63, 3.8) is 0 Å². The van der Waals surface area contributed by atoms with E-state index in [1.165, 1.54) is 12.5 Å². The standard InChI is InChI=1S/C18H23N3O2/c1-3-21-10-6-7-13(21)12-19-18(23)15-11-17(22)20(2)16-9-5-4-8-14(15)16/h4-5,8-9,11,13H,3,6-7,10,12H2,1-2H3,(H,19,23)/t13-/m1/s1. The number of nitrogens with zero attached hydrogens (tertiary/aromatic N) is 2. The van der Waals surface area contributed by atoms with E-state index in [9.17, 15) is 9.59 Å². The van der Waals surface area contributed by atoms with Crippen LogP contribution >= 0.6 is 0 Å². The van der Waals surface area contributed by atoms with Crippen molar-refractivity contribution in [2.24, 2.45) is 7.05 Å². The molecule has 1 saturated heterocycles. The lowest BCUT2D eigenvalue weighted by Gasteiger charge is -2.23. The first-order valence-corrected chi connectivity index (χ1v) is 8.23. The highest BCUT2D eigenvalue weighted by molar-refractivity contribution is 6.06. The van der Waals surface area contributed by atoms with Crippen LogP contribution in [0.25, 0.3) is 10.9 Å². The summed E-state index contributed by atoms with van der Waals surface area (Å²) in [5, 5.41) is 3.83. The Morgan fingerprint density at radius 3 is 2.91 bits per heavy atom. The molecule has 1 aliphatic rings. The molecule has 1 amide bonds. The van der Waals surface area contributed by atoms with Crippen LogP contribution in [0.5, 0.6) is 0 Å². The second kappa shape index (κ2) is 6.54. The van der Waals surface area contributed by atoms with Crippen molar-refractivity contribution < 1.29 is 4.79 Å². The number of nitrogens with one attached hydrogen (secondary N) is 1. The highest BCUT2D eigenvalue weighted by atomic mass is 16.2. The van der Waals surface area contributed by atoms with Crippen molar-refractivity contribution in [3.05, 3.63) is 46.2 Å². The molecular formula is C18H23N3O2. The topological polar surface area (TPSA) is 54.3 Å². The molecule has 1 aromatic heterocycles. The molecule has 1 atom stereocenters. The number of aromatic nitrogens is 1. The van der Waals surface area contributed by atoms with Crippen LogP contribution in [0.1, 0.15) is 30.1 Å². The minimum atomic E-state index is -0.165. The number of pyridine rings is 1. The SMILES string of the molecule is CCN1CCC[C@@H]1CNC(=O)c1cc(=O)n(C)c2ccccc12. The summed E-state index contributed by atoms with van der Waals surface area (Å²) in [5.74, 6) is -0.165. The molecule has 1 aliphatic heterocycles. The van der Waals surface area contributed by atoms with Crippen LogP contribution in [-0.4, -0.2) is 41.1 Å². The van der Waals surface area contributed by atoms with E-state index in [1.807, 2.05) is 24.3 Å². The first-order valence-electron chi connectivity index (χ1n) is 8.23. The molecule has 2 heterocycles. The highest BCUT2D eigenvalue weighted by Crippen LogP contribution is 2.18. The normalized spacial score (nSPS) is 18.4. The number of carbonyl (C=O) groups excluding carboxylic acids is 1. The smallest absolute Gasteiger partial charge is 0.252 e. The third-order valence-electron chi connectivity index (χ3n) is 4.80. The summed E-state index contributed by atoms with van der Waals surface area (Å²) in [6, 6.07) is 9.35. The molecule has 0 bridgehead atoms. The Hall–Kier alpha value is -2.14. The molecule has 2 aromatic rings. The fourth-order valence-electron chi connectivity index (χ4n) is 3.45. The number of likely N-dealkylation sites (N-methyl/N-ethyl adjacent to an activating group) is 1. The van der Waals surface area contributed by atoms with E-state index >= 15 is 0 Å². The Kier molecular flexibility index (Phi) is 4.48. The first-order chi connectivity index (χ1) is 11.1. The largest absolute Gasteiger partial charge is 0.350 e. The number of carbonyl (C=O) groups is 1. The second-order valence-electron chi connectivity index (χ2n) is 6.11. The van der Waals surface area contributed by atoms with Gasteiger partial charge in [0.2, 0.25) is 0 Å². The van der Waals surface area contributed by atoms with Crippen molar-refractivity contribution in [2.75, 3.05) is 19.6 Å². The molecule has 3 rings (SSSR count). The summed E-state index contributed by atoms with van der Waals surface area (Å²) in [4.78, 5) is 27.1. The maximum Gasteiger partial charge on any atom is 0.252 e. The predicted molar refractivity (Wildman–Crippen MR) is 91.8 cm³/mol. The molecular weight excluding hydrogens is 290 g/mol. The van der Waals surface area contributed by atoms with Gasteiger partial charge in [0.15, 0.2) is 0 Å². The lowest BCUT2D eigenvalue weighted by Crippen LogP contribution is -2.40. The molecule has 0 saturated carbocycles. The number of amides is 1. The molecule has 5 heteroatoms. The maximum atomic E-state index is 12.6. The van der Waals surface area contributed by atoms with Crippen LogP contribution in [0.2, 0.25) is 0 Å². The number of hydrogen-bond acceptors (Lipinski definition) is 3. The summed E-state index contributed by atoms with van der Waals surface area (Å²) < 4.78 is 1.57. The fraction of sp³-hybridized carbons (Fsp3) is 0.444. The van der Waals surface area contributed by atoms with E-state index in [0.29, 0.717) is 18.2 Å². The van der Waals surface area contributed by atoms with Crippen molar-refractivity contribution in [3.8, 4) is 0 Å². The Morgan fingerprint density at radius 2 is 2.13 bits per heavy atom. The number of hydrogen-bond donors (Lipinski definition) is 1. The van der Waals surface area contributed by atoms with Gasteiger partial charge in [-0.3, -0.25) is 14.5 Å². The van der Waals surface area contributed by atoms with Gasteiger partial charge in [0.1, 0.15) is 0 Å². The summed E-state index contributed by atoms with van der Waals surface area (Å²) in [6.45, 7) is 4.89. The zero-order chi connectivity index (χ0) is 16.4. The van der Waals surface area contributed by atoms with Crippen molar-refractivity contribution >= 4 is 16.8 Å². The van der Waals surface area contributed by atoms with Gasteiger partial charge < -0.3 is 9.88 Å². The molecule has 0 spiro atoms. The fourth-order valence-corrected chi connectivity index (χ4v) is 3.45. The number of fused-ring (bicyclic) bond motifs is 1. The number of aryl methyl sites for hydroxylation is 1. The third kappa shape index (κ3) is 3.01. The van der Waals surface area contributed by atoms with Crippen molar-refractivity contribution in [1.29, 1.82) is 0 Å². The van der Waals surface area contributed by atoms with Gasteiger partial charge in [0.25, 0.3) is 11.5 Å². The van der Waals surface area contributed by atoms with Crippen LogP contribution in [-0.2, 0) is 7.05 Å². The van der Waals surface area contributed by atoms with Gasteiger partial charge in [-0.25, -0.2) is 0 Å². The Morgan fingerprint density at radius 1 is 1.35 bits per heavy atom. The summed E-state index contributed by atoms with van der Waals surface area (Å²) in [5.41, 5.74) is 1.08. The van der Waals surface area contributed by atoms with Crippen molar-refractivity contribution in [1.82, 2.24) is 14.8 Å². The van der Waals surface area contributed by atoms with E-state index in [0.717, 1.165) is 30.4 Å². The average molecular weight is 313 g/mol. The first kappa shape index (κ1) is 15.7. The van der Waals surface area contributed by atoms with Gasteiger partial charge >= 0.3 is 0 Å². The lowest BCUT2D eigenvalue weighted by molar-refractivity contribution is 0.0943. The third-order valence-corrected chi connectivity index (χ3v) is 4.80. The van der Waals surface area contributed by atoms with Gasteiger partial charge in [-0.05, 0) is 32.0 Å². The number of para-hydroxylation sites is 1. The van der Waals surface area contributed by atoms with Crippen LogP contribution in [0.4, 0.5) is 0 Å². The Bertz CT molecular complexity index is 781. The van der Waals surface area contributed by atoms with Crippen LogP contribution in [0, 0.1) is 0 Å². The molecule has 1 aromatic carbocycles. The summed E-state index contributed by atoms with van der Waals surface area (Å²) in [6.07, 6.45) is 2.30. The molecule has 0 aliphatic carbocycles. The Balaban J connectivity index is 1.84. The summed E-state index contributed by atoms with van der Waals surface area (Å²) in [7, 11) is 1.73. The predicted octanol–water partition coefficient (Wildman–Crippen LogP) is 1.75. The van der Waals surface area contributed by atoms with E-state index < -0.39 is 0 Å². The van der Waals surface area contributed by atoms with Gasteiger partial charge in [0.05, 0.1) is 11.1 Å². The average Bonchev–Trinajstić information content (AvgIpc) is 3.03. The van der Waals surface area contributed by atoms with E-state index in [1.54, 1.807) is 11.6 Å². The molecule has 23 heavy (non-hydrogen) atoms. The van der Waals surface area contributed by atoms with Crippen LogP contribution in [0.3, 0.4) is 0 Å². The van der Waals surface area contributed by atoms with E-state index in [-0.39, 0.29) is 11.5 Å². The maximum absolute atomic E-state index is 12.6. The molecule has 122 valence electrons. The minimum absolute atomic E-state index is 0.162. The van der Waals surface area contributed by atoms with Crippen LogP contribution < -0.4 is 10.9 Å². The van der Waals surface area contributed by atoms with Gasteiger partial charge in [-0.15, -0.1) is 0 Å². The van der Waals surface area contributed by atoms with Crippen molar-refractivity contribution in [2.45, 2.75) is 25.8 Å². The second-order valence-corrected chi connectivity index (χ2v) is 6.11. The molecule has 1 N–H and O–H groups in total. The molecule has 1 fully saturated rings. The zero-order valence-electron chi connectivity index (χ0n) is 13.7. The van der Waals surface area contributed by atoms with Gasteiger partial charge in [-0.2, -0.15) is 0 Å². The van der Waals surface area contributed by atoms with E-state index in [2.05, 4.69) is 17.1 Å². The molecule has 0 radical (unpaired) electrons. The number of benzene rings is 1. The molecule has 0 unspecified atom stereocenters. The quantitative estimate of drug-likeness (QED) is 0.936. The minimum Gasteiger partial charge on any atom is -0.350 e. The number of rotatable bonds is 4. The monoisotopic (exact) mass is 313 g/mol.